The lowest BCUT2D eigenvalue weighted by molar-refractivity contribution is -0.121. The summed E-state index contributed by atoms with van der Waals surface area (Å²) in [5.41, 5.74) is 2.34. The number of likely N-dealkylation sites (tertiary alicyclic amines) is 1. The van der Waals surface area contributed by atoms with Gasteiger partial charge in [-0.15, -0.1) is 0 Å². The van der Waals surface area contributed by atoms with Gasteiger partial charge in [-0.05, 0) is 31.4 Å². The molecule has 0 bridgehead atoms. The monoisotopic (exact) mass is 382 g/mol. The molecule has 1 aliphatic rings. The van der Waals surface area contributed by atoms with E-state index < -0.39 is 0 Å². The van der Waals surface area contributed by atoms with Crippen LogP contribution in [-0.2, 0) is 4.79 Å². The Hall–Kier alpha value is -3.02. The second-order valence-electron chi connectivity index (χ2n) is 6.97. The normalized spacial score (nSPS) is 14.5. The number of nitrogens with zero attached hydrogens (tertiary/aromatic N) is 1. The Balaban J connectivity index is 1.60. The first-order chi connectivity index (χ1) is 13.5. The van der Waals surface area contributed by atoms with Crippen LogP contribution in [-0.4, -0.2) is 44.0 Å². The fourth-order valence-corrected chi connectivity index (χ4v) is 3.45. The molecule has 1 aliphatic heterocycles. The topological polar surface area (TPSA) is 67.9 Å². The van der Waals surface area contributed by atoms with Crippen molar-refractivity contribution in [3.05, 3.63) is 53.6 Å². The number of aryl methyl sites for hydroxylation is 1. The van der Waals surface area contributed by atoms with Gasteiger partial charge in [-0.3, -0.25) is 9.59 Å². The Bertz CT molecular complexity index is 835. The van der Waals surface area contributed by atoms with Crippen LogP contribution in [0.25, 0.3) is 0 Å². The zero-order chi connectivity index (χ0) is 20.1. The molecule has 0 unspecified atom stereocenters. The second kappa shape index (κ2) is 8.78. The molecule has 0 saturated carbocycles. The number of ether oxygens (including phenoxy) is 2. The summed E-state index contributed by atoms with van der Waals surface area (Å²) >= 11 is 0. The number of rotatable bonds is 5. The van der Waals surface area contributed by atoms with E-state index in [4.69, 9.17) is 9.47 Å². The molecule has 0 aliphatic carbocycles. The first kappa shape index (κ1) is 19.7. The summed E-state index contributed by atoms with van der Waals surface area (Å²) in [6.07, 6.45) is 1.29. The van der Waals surface area contributed by atoms with E-state index in [1.54, 1.807) is 32.4 Å². The van der Waals surface area contributed by atoms with Crippen LogP contribution in [0.3, 0.4) is 0 Å². The van der Waals surface area contributed by atoms with Gasteiger partial charge in [-0.25, -0.2) is 0 Å². The van der Waals surface area contributed by atoms with E-state index in [-0.39, 0.29) is 17.7 Å². The molecule has 28 heavy (non-hydrogen) atoms. The first-order valence-corrected chi connectivity index (χ1v) is 9.40. The van der Waals surface area contributed by atoms with Gasteiger partial charge in [0.1, 0.15) is 11.5 Å². The second-order valence-corrected chi connectivity index (χ2v) is 6.97. The summed E-state index contributed by atoms with van der Waals surface area (Å²) < 4.78 is 10.5. The van der Waals surface area contributed by atoms with Crippen LogP contribution in [0.1, 0.15) is 28.8 Å². The minimum Gasteiger partial charge on any atom is -0.497 e. The molecule has 2 aromatic carbocycles. The third-order valence-corrected chi connectivity index (χ3v) is 5.15. The summed E-state index contributed by atoms with van der Waals surface area (Å²) in [5, 5.41) is 2.94. The van der Waals surface area contributed by atoms with Crippen LogP contribution >= 0.6 is 0 Å². The molecule has 1 saturated heterocycles. The Morgan fingerprint density at radius 1 is 1.00 bits per heavy atom. The van der Waals surface area contributed by atoms with Gasteiger partial charge in [0.05, 0.1) is 14.2 Å². The van der Waals surface area contributed by atoms with Gasteiger partial charge in [0.15, 0.2) is 0 Å². The Labute approximate surface area is 165 Å². The molecule has 1 heterocycles. The standard InChI is InChI=1S/C22H26N2O4/c1-15-6-4-5-7-20(15)22(26)24-10-8-16(9-11-24)21(25)23-17-12-18(27-2)14-19(13-17)28-3/h4-7,12-14,16H,8-11H2,1-3H3,(H,23,25). The fraction of sp³-hybridized carbons (Fsp3) is 0.364. The van der Waals surface area contributed by atoms with E-state index in [1.807, 2.05) is 36.1 Å². The maximum absolute atomic E-state index is 12.7. The van der Waals surface area contributed by atoms with E-state index in [9.17, 15) is 9.59 Å². The van der Waals surface area contributed by atoms with E-state index in [0.29, 0.717) is 43.1 Å². The number of nitrogens with one attached hydrogen (secondary N) is 1. The van der Waals surface area contributed by atoms with E-state index in [1.165, 1.54) is 0 Å². The van der Waals surface area contributed by atoms with Crippen molar-refractivity contribution in [1.82, 2.24) is 4.90 Å². The maximum Gasteiger partial charge on any atom is 0.254 e. The van der Waals surface area contributed by atoms with Crippen LogP contribution in [0.15, 0.2) is 42.5 Å². The maximum atomic E-state index is 12.7. The minimum absolute atomic E-state index is 0.0366. The van der Waals surface area contributed by atoms with Crippen molar-refractivity contribution in [2.24, 2.45) is 5.92 Å². The van der Waals surface area contributed by atoms with Gasteiger partial charge in [0.2, 0.25) is 5.91 Å². The fourth-order valence-electron chi connectivity index (χ4n) is 3.45. The number of methoxy groups -OCH3 is 2. The molecule has 0 radical (unpaired) electrons. The molecule has 3 rings (SSSR count). The third kappa shape index (κ3) is 4.44. The molecule has 148 valence electrons. The first-order valence-electron chi connectivity index (χ1n) is 9.40. The zero-order valence-corrected chi connectivity index (χ0v) is 16.5. The lowest BCUT2D eigenvalue weighted by atomic mass is 9.95. The summed E-state index contributed by atoms with van der Waals surface area (Å²) in [5.74, 6) is 1.10. The summed E-state index contributed by atoms with van der Waals surface area (Å²) in [7, 11) is 3.14. The lowest BCUT2D eigenvalue weighted by Crippen LogP contribution is -2.41. The van der Waals surface area contributed by atoms with Crippen molar-refractivity contribution in [2.45, 2.75) is 19.8 Å². The average molecular weight is 382 g/mol. The Morgan fingerprint density at radius 3 is 2.18 bits per heavy atom. The van der Waals surface area contributed by atoms with Crippen LogP contribution in [0, 0.1) is 12.8 Å². The highest BCUT2D eigenvalue weighted by atomic mass is 16.5. The minimum atomic E-state index is -0.127. The molecule has 1 N–H and O–H groups in total. The lowest BCUT2D eigenvalue weighted by Gasteiger charge is -2.31. The average Bonchev–Trinajstić information content (AvgIpc) is 2.73. The number of carbonyl (C=O) groups excluding carboxylic acids is 2. The molecule has 6 heteroatoms. The van der Waals surface area contributed by atoms with Crippen LogP contribution in [0.2, 0.25) is 0 Å². The molecule has 6 nitrogen and oxygen atoms in total. The largest absolute Gasteiger partial charge is 0.497 e. The number of hydrogen-bond acceptors (Lipinski definition) is 4. The summed E-state index contributed by atoms with van der Waals surface area (Å²) in [4.78, 5) is 27.2. The van der Waals surface area contributed by atoms with Crippen molar-refractivity contribution < 1.29 is 19.1 Å². The number of benzene rings is 2. The number of amides is 2. The highest BCUT2D eigenvalue weighted by molar-refractivity contribution is 5.96. The Kier molecular flexibility index (Phi) is 6.19. The molecule has 1 fully saturated rings. The van der Waals surface area contributed by atoms with Crippen LogP contribution < -0.4 is 14.8 Å². The van der Waals surface area contributed by atoms with Crippen molar-refractivity contribution >= 4 is 17.5 Å². The van der Waals surface area contributed by atoms with Gasteiger partial charge in [-0.1, -0.05) is 18.2 Å². The number of piperidine rings is 1. The predicted molar refractivity (Wildman–Crippen MR) is 108 cm³/mol. The third-order valence-electron chi connectivity index (χ3n) is 5.15. The summed E-state index contributed by atoms with van der Waals surface area (Å²) in [6, 6.07) is 12.9. The SMILES string of the molecule is COc1cc(NC(=O)C2CCN(C(=O)c3ccccc3C)CC2)cc(OC)c1. The smallest absolute Gasteiger partial charge is 0.254 e. The molecule has 2 aromatic rings. The number of hydrogen-bond donors (Lipinski definition) is 1. The van der Waals surface area contributed by atoms with Gasteiger partial charge in [0.25, 0.3) is 5.91 Å². The van der Waals surface area contributed by atoms with E-state index in [2.05, 4.69) is 5.32 Å². The molecule has 2 amide bonds. The summed E-state index contributed by atoms with van der Waals surface area (Å²) in [6.45, 7) is 3.09. The van der Waals surface area contributed by atoms with Crippen molar-refractivity contribution in [2.75, 3.05) is 32.6 Å². The van der Waals surface area contributed by atoms with Crippen molar-refractivity contribution in [1.29, 1.82) is 0 Å². The highest BCUT2D eigenvalue weighted by Crippen LogP contribution is 2.27. The molecule has 0 aromatic heterocycles. The van der Waals surface area contributed by atoms with E-state index in [0.717, 1.165) is 11.1 Å². The van der Waals surface area contributed by atoms with Gasteiger partial charge >= 0.3 is 0 Å². The molecule has 0 spiro atoms. The predicted octanol–water partition coefficient (Wildman–Crippen LogP) is 3.50. The van der Waals surface area contributed by atoms with Crippen molar-refractivity contribution in [3.8, 4) is 11.5 Å². The van der Waals surface area contributed by atoms with Gasteiger partial charge in [-0.2, -0.15) is 0 Å². The van der Waals surface area contributed by atoms with Crippen LogP contribution in [0.4, 0.5) is 5.69 Å². The van der Waals surface area contributed by atoms with Crippen LogP contribution in [0.5, 0.6) is 11.5 Å². The Morgan fingerprint density at radius 2 is 1.61 bits per heavy atom. The highest BCUT2D eigenvalue weighted by Gasteiger charge is 2.28. The van der Waals surface area contributed by atoms with Gasteiger partial charge in [0, 0.05) is 48.5 Å². The molecular weight excluding hydrogens is 356 g/mol. The number of anilines is 1. The zero-order valence-electron chi connectivity index (χ0n) is 16.5. The van der Waals surface area contributed by atoms with E-state index >= 15 is 0 Å². The quantitative estimate of drug-likeness (QED) is 0.859. The van der Waals surface area contributed by atoms with Crippen molar-refractivity contribution in [3.63, 3.8) is 0 Å². The van der Waals surface area contributed by atoms with Gasteiger partial charge < -0.3 is 19.7 Å². The molecule has 0 atom stereocenters. The number of carbonyl (C=O) groups is 2. The molecular formula is C22H26N2O4.